The van der Waals surface area contributed by atoms with Crippen molar-refractivity contribution in [1.82, 2.24) is 15.3 Å². The van der Waals surface area contributed by atoms with Crippen LogP contribution in [-0.4, -0.2) is 36.8 Å². The quantitative estimate of drug-likeness (QED) is 0.346. The van der Waals surface area contributed by atoms with Crippen LogP contribution >= 0.6 is 34.5 Å². The van der Waals surface area contributed by atoms with E-state index in [4.69, 9.17) is 32.5 Å². The van der Waals surface area contributed by atoms with Crippen LogP contribution in [0.3, 0.4) is 0 Å². The molecule has 1 saturated carbocycles. The van der Waals surface area contributed by atoms with Gasteiger partial charge in [0.1, 0.15) is 12.1 Å². The van der Waals surface area contributed by atoms with Gasteiger partial charge in [-0.2, -0.15) is 8.42 Å². The molecule has 1 aromatic carbocycles. The first-order valence-electron chi connectivity index (χ1n) is 11.3. The first-order valence-corrected chi connectivity index (χ1v) is 14.3. The number of thiophene rings is 1. The van der Waals surface area contributed by atoms with Crippen LogP contribution in [0.25, 0.3) is 0 Å². The lowest BCUT2D eigenvalue weighted by Crippen LogP contribution is -2.22. The Labute approximate surface area is 222 Å². The van der Waals surface area contributed by atoms with Gasteiger partial charge in [-0.3, -0.25) is 8.98 Å². The Balaban J connectivity index is 1.33. The number of nitrogens with two attached hydrogens (primary N) is 1. The maximum Gasteiger partial charge on any atom is 0.333 e. The largest absolute Gasteiger partial charge is 0.367 e. The number of rotatable bonds is 8. The summed E-state index contributed by atoms with van der Waals surface area (Å²) in [5, 5.41) is 12.3. The SMILES string of the molecule is NS(=O)(=O)OC[C@@H]1CC[C@H](Nc2ncncc2C(=O)c2cc(C3NCc4ccc(Cl)cc43)c(Cl)s2)C1. The Morgan fingerprint density at radius 3 is 2.89 bits per heavy atom. The monoisotopic (exact) mass is 567 g/mol. The first kappa shape index (κ1) is 25.5. The Hall–Kier alpha value is -2.12. The van der Waals surface area contributed by atoms with Crippen LogP contribution in [0.15, 0.2) is 36.8 Å². The highest BCUT2D eigenvalue weighted by Crippen LogP contribution is 2.40. The summed E-state index contributed by atoms with van der Waals surface area (Å²) in [6, 6.07) is 7.45. The maximum absolute atomic E-state index is 13.5. The van der Waals surface area contributed by atoms with E-state index in [1.807, 2.05) is 24.3 Å². The van der Waals surface area contributed by atoms with Crippen molar-refractivity contribution >= 4 is 56.4 Å². The van der Waals surface area contributed by atoms with Crippen LogP contribution < -0.4 is 15.8 Å². The van der Waals surface area contributed by atoms with Crippen LogP contribution in [0.1, 0.15) is 57.2 Å². The minimum absolute atomic E-state index is 0.00644. The van der Waals surface area contributed by atoms with E-state index in [1.54, 1.807) is 0 Å². The van der Waals surface area contributed by atoms with E-state index in [-0.39, 0.29) is 30.4 Å². The minimum atomic E-state index is -3.97. The van der Waals surface area contributed by atoms with Crippen LogP contribution in [-0.2, 0) is 21.0 Å². The van der Waals surface area contributed by atoms with Crippen LogP contribution in [0.5, 0.6) is 0 Å². The zero-order valence-corrected chi connectivity index (χ0v) is 22.1. The molecular weight excluding hydrogens is 545 g/mol. The van der Waals surface area contributed by atoms with E-state index < -0.39 is 10.3 Å². The van der Waals surface area contributed by atoms with E-state index >= 15 is 0 Å². The number of hydrogen-bond acceptors (Lipinski definition) is 9. The van der Waals surface area contributed by atoms with Crippen molar-refractivity contribution in [1.29, 1.82) is 0 Å². The van der Waals surface area contributed by atoms with Crippen LogP contribution in [0, 0.1) is 5.92 Å². The fraction of sp³-hybridized carbons (Fsp3) is 0.348. The number of hydrogen-bond donors (Lipinski definition) is 3. The third-order valence-electron chi connectivity index (χ3n) is 6.47. The molecule has 0 saturated heterocycles. The molecule has 5 rings (SSSR count). The number of carbonyl (C=O) groups excluding carboxylic acids is 1. The summed E-state index contributed by atoms with van der Waals surface area (Å²) >= 11 is 14.0. The molecule has 190 valence electrons. The summed E-state index contributed by atoms with van der Waals surface area (Å²) in [6.45, 7) is 0.727. The molecule has 1 fully saturated rings. The van der Waals surface area contributed by atoms with Gasteiger partial charge in [-0.15, -0.1) is 11.3 Å². The molecule has 1 aliphatic carbocycles. The lowest BCUT2D eigenvalue weighted by Gasteiger charge is -2.15. The smallest absolute Gasteiger partial charge is 0.333 e. The number of benzene rings is 1. The van der Waals surface area contributed by atoms with Crippen molar-refractivity contribution in [3.8, 4) is 0 Å². The molecule has 0 spiro atoms. The summed E-state index contributed by atoms with van der Waals surface area (Å²) in [7, 11) is -3.97. The summed E-state index contributed by atoms with van der Waals surface area (Å²) in [4.78, 5) is 22.3. The normalized spacial score (nSPS) is 21.5. The van der Waals surface area contributed by atoms with Crippen LogP contribution in [0.4, 0.5) is 5.82 Å². The first-order chi connectivity index (χ1) is 17.2. The lowest BCUT2D eigenvalue weighted by atomic mass is 10.00. The molecule has 36 heavy (non-hydrogen) atoms. The number of halogens is 2. The average Bonchev–Trinajstić information content (AvgIpc) is 3.55. The van der Waals surface area contributed by atoms with E-state index in [2.05, 4.69) is 20.6 Å². The summed E-state index contributed by atoms with van der Waals surface area (Å²) < 4.78 is 27.4. The fourth-order valence-corrected chi connectivity index (χ4v) is 6.62. The molecule has 1 aliphatic heterocycles. The average molecular weight is 569 g/mol. The molecular formula is C23H23Cl2N5O4S2. The summed E-state index contributed by atoms with van der Waals surface area (Å²) in [5.74, 6) is 0.235. The third-order valence-corrected chi connectivity index (χ3v) is 8.56. The van der Waals surface area contributed by atoms with Crippen molar-refractivity contribution in [2.24, 2.45) is 11.1 Å². The van der Waals surface area contributed by atoms with Crippen molar-refractivity contribution in [2.75, 3.05) is 11.9 Å². The highest BCUT2D eigenvalue weighted by atomic mass is 35.5. The molecule has 9 nitrogen and oxygen atoms in total. The predicted octanol–water partition coefficient (Wildman–Crippen LogP) is 4.07. The molecule has 0 radical (unpaired) electrons. The highest BCUT2D eigenvalue weighted by Gasteiger charge is 2.30. The Morgan fingerprint density at radius 1 is 1.25 bits per heavy atom. The molecule has 0 bridgehead atoms. The molecule has 2 aliphatic rings. The fourth-order valence-electron chi connectivity index (χ4n) is 4.77. The zero-order valence-electron chi connectivity index (χ0n) is 18.9. The molecule has 3 atom stereocenters. The number of nitrogens with one attached hydrogen (secondary N) is 2. The van der Waals surface area contributed by atoms with Crippen molar-refractivity contribution in [3.63, 3.8) is 0 Å². The number of fused-ring (bicyclic) bond motifs is 1. The zero-order chi connectivity index (χ0) is 25.4. The Kier molecular flexibility index (Phi) is 7.32. The molecule has 4 N–H and O–H groups in total. The third kappa shape index (κ3) is 5.57. The van der Waals surface area contributed by atoms with Crippen LogP contribution in [0.2, 0.25) is 9.36 Å². The maximum atomic E-state index is 13.5. The van der Waals surface area contributed by atoms with Gasteiger partial charge in [0.15, 0.2) is 0 Å². The van der Waals surface area contributed by atoms with Crippen molar-refractivity contribution in [3.05, 3.63) is 73.3 Å². The summed E-state index contributed by atoms with van der Waals surface area (Å²) in [6.07, 6.45) is 5.08. The van der Waals surface area contributed by atoms with Gasteiger partial charge in [-0.25, -0.2) is 15.1 Å². The molecule has 2 aromatic heterocycles. The van der Waals surface area contributed by atoms with E-state index in [1.165, 1.54) is 23.9 Å². The number of carbonyl (C=O) groups is 1. The van der Waals surface area contributed by atoms with Gasteiger partial charge in [0.2, 0.25) is 5.78 Å². The van der Waals surface area contributed by atoms with Crippen molar-refractivity contribution in [2.45, 2.75) is 37.9 Å². The Morgan fingerprint density at radius 2 is 2.08 bits per heavy atom. The van der Waals surface area contributed by atoms with E-state index in [0.29, 0.717) is 38.6 Å². The lowest BCUT2D eigenvalue weighted by molar-refractivity contribution is 0.104. The van der Waals surface area contributed by atoms with Gasteiger partial charge in [-0.05, 0) is 54.5 Å². The second kappa shape index (κ2) is 10.3. The van der Waals surface area contributed by atoms with Gasteiger partial charge in [0.25, 0.3) is 0 Å². The number of aromatic nitrogens is 2. The number of anilines is 1. The van der Waals surface area contributed by atoms with Gasteiger partial charge < -0.3 is 10.6 Å². The standard InChI is InChI=1S/C23H23Cl2N5O4S2/c24-14-3-2-13-8-28-20(16(13)6-14)17-7-19(35-22(17)25)21(31)18-9-27-11-29-23(18)30-15-4-1-12(5-15)10-34-36(26,32)33/h2-3,6-7,9,11-12,15,20,28H,1,4-5,8,10H2,(H2,26,32,33)(H,27,29,30)/t12-,15+,20?/m1/s1. The van der Waals surface area contributed by atoms with Gasteiger partial charge in [-0.1, -0.05) is 29.3 Å². The molecule has 13 heteroatoms. The molecule has 1 unspecified atom stereocenters. The van der Waals surface area contributed by atoms with Gasteiger partial charge in [0.05, 0.1) is 27.4 Å². The highest BCUT2D eigenvalue weighted by molar-refractivity contribution is 7.84. The predicted molar refractivity (Wildman–Crippen MR) is 139 cm³/mol. The molecule has 3 heterocycles. The molecule has 0 amide bonds. The minimum Gasteiger partial charge on any atom is -0.367 e. The van der Waals surface area contributed by atoms with Gasteiger partial charge >= 0.3 is 10.3 Å². The number of nitrogens with zero attached hydrogens (tertiary/aromatic N) is 2. The Bertz CT molecular complexity index is 1420. The van der Waals surface area contributed by atoms with Gasteiger partial charge in [0, 0.05) is 29.4 Å². The second-order valence-electron chi connectivity index (χ2n) is 8.91. The van der Waals surface area contributed by atoms with E-state index in [0.717, 1.165) is 29.5 Å². The van der Waals surface area contributed by atoms with Crippen molar-refractivity contribution < 1.29 is 17.4 Å². The topological polar surface area (TPSA) is 136 Å². The number of ketones is 1. The van der Waals surface area contributed by atoms with E-state index in [9.17, 15) is 13.2 Å². The summed E-state index contributed by atoms with van der Waals surface area (Å²) in [5.41, 5.74) is 3.36. The molecule has 3 aromatic rings. The second-order valence-corrected chi connectivity index (χ2v) is 12.2.